The van der Waals surface area contributed by atoms with Gasteiger partial charge in [0.05, 0.1) is 12.5 Å². The van der Waals surface area contributed by atoms with Crippen LogP contribution in [0.3, 0.4) is 0 Å². The van der Waals surface area contributed by atoms with Crippen molar-refractivity contribution < 1.29 is 14.3 Å². The monoisotopic (exact) mass is 330 g/mol. The quantitative estimate of drug-likeness (QED) is 0.813. The van der Waals surface area contributed by atoms with Crippen molar-refractivity contribution in [2.24, 2.45) is 5.92 Å². The van der Waals surface area contributed by atoms with Crippen LogP contribution in [0.1, 0.15) is 44.2 Å². The Morgan fingerprint density at radius 3 is 2.67 bits per heavy atom. The lowest BCUT2D eigenvalue weighted by atomic mass is 9.94. The van der Waals surface area contributed by atoms with Crippen molar-refractivity contribution >= 4 is 11.9 Å². The van der Waals surface area contributed by atoms with Crippen molar-refractivity contribution in [3.8, 4) is 0 Å². The Hall–Kier alpha value is -1.88. The molecule has 24 heavy (non-hydrogen) atoms. The van der Waals surface area contributed by atoms with Gasteiger partial charge in [0.2, 0.25) is 5.91 Å². The molecular formula is C19H26N2O3. The van der Waals surface area contributed by atoms with Crippen LogP contribution in [0.4, 0.5) is 0 Å². The summed E-state index contributed by atoms with van der Waals surface area (Å²) < 4.78 is 5.18. The minimum Gasteiger partial charge on any atom is -0.466 e. The van der Waals surface area contributed by atoms with Crippen LogP contribution in [0, 0.1) is 5.92 Å². The first kappa shape index (κ1) is 17.0. The van der Waals surface area contributed by atoms with E-state index in [1.54, 1.807) is 0 Å². The lowest BCUT2D eigenvalue weighted by Crippen LogP contribution is -2.47. The van der Waals surface area contributed by atoms with Gasteiger partial charge in [-0.3, -0.25) is 14.5 Å². The summed E-state index contributed by atoms with van der Waals surface area (Å²) >= 11 is 0. The van der Waals surface area contributed by atoms with E-state index in [9.17, 15) is 9.59 Å². The summed E-state index contributed by atoms with van der Waals surface area (Å²) in [6.07, 6.45) is 3.88. The molecule has 1 aliphatic heterocycles. The number of nitrogens with one attached hydrogen (secondary N) is 1. The molecule has 0 unspecified atom stereocenters. The van der Waals surface area contributed by atoms with E-state index in [1.165, 1.54) is 0 Å². The number of hydrogen-bond donors (Lipinski definition) is 1. The number of carbonyl (C=O) groups excluding carboxylic acids is 2. The highest BCUT2D eigenvalue weighted by molar-refractivity contribution is 5.84. The zero-order valence-electron chi connectivity index (χ0n) is 14.2. The number of likely N-dealkylation sites (tertiary alicyclic amines) is 1. The number of nitrogens with zero attached hydrogens (tertiary/aromatic N) is 1. The van der Waals surface area contributed by atoms with E-state index in [1.807, 2.05) is 37.3 Å². The van der Waals surface area contributed by atoms with Gasteiger partial charge >= 0.3 is 5.97 Å². The minimum absolute atomic E-state index is 0.0493. The maximum Gasteiger partial charge on any atom is 0.310 e. The van der Waals surface area contributed by atoms with E-state index in [2.05, 4.69) is 10.2 Å². The van der Waals surface area contributed by atoms with Gasteiger partial charge in [0.1, 0.15) is 6.04 Å². The predicted molar refractivity (Wildman–Crippen MR) is 91.3 cm³/mol. The molecule has 1 aliphatic carbocycles. The predicted octanol–water partition coefficient (Wildman–Crippen LogP) is 2.28. The van der Waals surface area contributed by atoms with E-state index in [0.717, 1.165) is 37.8 Å². The molecule has 2 aliphatic rings. The van der Waals surface area contributed by atoms with Gasteiger partial charge in [-0.05, 0) is 44.7 Å². The van der Waals surface area contributed by atoms with Crippen LogP contribution in [0.15, 0.2) is 30.3 Å². The Morgan fingerprint density at radius 2 is 2.00 bits per heavy atom. The third kappa shape index (κ3) is 4.15. The molecule has 1 aromatic rings. The second-order valence-corrected chi connectivity index (χ2v) is 6.68. The fraction of sp³-hybridized carbons (Fsp3) is 0.579. The average Bonchev–Trinajstić information content (AvgIpc) is 3.40. The lowest BCUT2D eigenvalue weighted by Gasteiger charge is -2.37. The zero-order chi connectivity index (χ0) is 16.9. The van der Waals surface area contributed by atoms with Gasteiger partial charge in [-0.1, -0.05) is 30.3 Å². The first-order valence-corrected chi connectivity index (χ1v) is 8.95. The SMILES string of the molecule is CCOC(=O)[C@H]1CCCN([C@@H](C(=O)NC2CC2)c2ccccc2)C1. The summed E-state index contributed by atoms with van der Waals surface area (Å²) in [5.41, 5.74) is 0.986. The molecule has 1 heterocycles. The molecule has 5 heteroatoms. The van der Waals surface area contributed by atoms with Gasteiger partial charge in [-0.15, -0.1) is 0 Å². The fourth-order valence-corrected chi connectivity index (χ4v) is 3.36. The zero-order valence-corrected chi connectivity index (χ0v) is 14.2. The molecule has 2 atom stereocenters. The first-order valence-electron chi connectivity index (χ1n) is 8.95. The van der Waals surface area contributed by atoms with E-state index in [0.29, 0.717) is 19.2 Å². The van der Waals surface area contributed by atoms with Crippen LogP contribution in [-0.2, 0) is 14.3 Å². The average molecular weight is 330 g/mol. The van der Waals surface area contributed by atoms with Crippen LogP contribution in [-0.4, -0.2) is 42.5 Å². The smallest absolute Gasteiger partial charge is 0.310 e. The Bertz CT molecular complexity index is 571. The highest BCUT2D eigenvalue weighted by Crippen LogP contribution is 2.29. The minimum atomic E-state index is -0.330. The summed E-state index contributed by atoms with van der Waals surface area (Å²) in [7, 11) is 0. The second-order valence-electron chi connectivity index (χ2n) is 6.68. The molecular weight excluding hydrogens is 304 g/mol. The molecule has 1 saturated heterocycles. The first-order chi connectivity index (χ1) is 11.7. The van der Waals surface area contributed by atoms with E-state index in [4.69, 9.17) is 4.74 Å². The number of piperidine rings is 1. The molecule has 0 spiro atoms. The summed E-state index contributed by atoms with van der Waals surface area (Å²) in [5, 5.41) is 3.12. The van der Waals surface area contributed by atoms with Crippen molar-refractivity contribution in [3.05, 3.63) is 35.9 Å². The third-order valence-electron chi connectivity index (χ3n) is 4.73. The lowest BCUT2D eigenvalue weighted by molar-refractivity contribution is -0.151. The van der Waals surface area contributed by atoms with Crippen molar-refractivity contribution in [1.82, 2.24) is 10.2 Å². The summed E-state index contributed by atoms with van der Waals surface area (Å²) in [6.45, 7) is 3.64. The number of carbonyl (C=O) groups is 2. The van der Waals surface area contributed by atoms with E-state index < -0.39 is 0 Å². The molecule has 0 radical (unpaired) electrons. The third-order valence-corrected chi connectivity index (χ3v) is 4.73. The Kier molecular flexibility index (Phi) is 5.51. The van der Waals surface area contributed by atoms with Crippen LogP contribution >= 0.6 is 0 Å². The van der Waals surface area contributed by atoms with Gasteiger partial charge in [0.15, 0.2) is 0 Å². The number of benzene rings is 1. The van der Waals surface area contributed by atoms with Crippen LogP contribution in [0.2, 0.25) is 0 Å². The summed E-state index contributed by atoms with van der Waals surface area (Å²) in [5.74, 6) is -0.233. The standard InChI is InChI=1S/C19H26N2O3/c1-2-24-19(23)15-9-6-12-21(13-15)17(14-7-4-3-5-8-14)18(22)20-16-10-11-16/h3-5,7-8,15-17H,2,6,9-13H2,1H3,(H,20,22)/t15-,17+/m0/s1. The van der Waals surface area contributed by atoms with Crippen LogP contribution in [0.5, 0.6) is 0 Å². The Labute approximate surface area is 143 Å². The van der Waals surface area contributed by atoms with Crippen molar-refractivity contribution in [3.63, 3.8) is 0 Å². The van der Waals surface area contributed by atoms with Gasteiger partial charge in [-0.25, -0.2) is 0 Å². The topological polar surface area (TPSA) is 58.6 Å². The van der Waals surface area contributed by atoms with Gasteiger partial charge in [0, 0.05) is 12.6 Å². The summed E-state index contributed by atoms with van der Waals surface area (Å²) in [6, 6.07) is 9.85. The van der Waals surface area contributed by atoms with E-state index in [-0.39, 0.29) is 23.8 Å². The molecule has 3 rings (SSSR count). The molecule has 1 aromatic carbocycles. The normalized spacial score (nSPS) is 22.6. The van der Waals surface area contributed by atoms with Crippen LogP contribution < -0.4 is 5.32 Å². The molecule has 1 N–H and O–H groups in total. The second kappa shape index (κ2) is 7.79. The molecule has 0 bridgehead atoms. The number of hydrogen-bond acceptors (Lipinski definition) is 4. The molecule has 1 amide bonds. The number of rotatable bonds is 6. The van der Waals surface area contributed by atoms with Gasteiger partial charge in [0.25, 0.3) is 0 Å². The Balaban J connectivity index is 1.76. The van der Waals surface area contributed by atoms with Crippen molar-refractivity contribution in [2.45, 2.75) is 44.7 Å². The molecule has 5 nitrogen and oxygen atoms in total. The van der Waals surface area contributed by atoms with Gasteiger partial charge < -0.3 is 10.1 Å². The largest absolute Gasteiger partial charge is 0.466 e. The number of amides is 1. The number of ether oxygens (including phenoxy) is 1. The molecule has 1 saturated carbocycles. The molecule has 130 valence electrons. The molecule has 2 fully saturated rings. The van der Waals surface area contributed by atoms with Crippen molar-refractivity contribution in [2.75, 3.05) is 19.7 Å². The fourth-order valence-electron chi connectivity index (χ4n) is 3.36. The van der Waals surface area contributed by atoms with Crippen LogP contribution in [0.25, 0.3) is 0 Å². The highest BCUT2D eigenvalue weighted by atomic mass is 16.5. The highest BCUT2D eigenvalue weighted by Gasteiger charge is 2.36. The molecule has 0 aromatic heterocycles. The number of esters is 1. The summed E-state index contributed by atoms with van der Waals surface area (Å²) in [4.78, 5) is 27.1. The van der Waals surface area contributed by atoms with Gasteiger partial charge in [-0.2, -0.15) is 0 Å². The van der Waals surface area contributed by atoms with E-state index >= 15 is 0 Å². The maximum atomic E-state index is 12.8. The van der Waals surface area contributed by atoms with Crippen molar-refractivity contribution in [1.29, 1.82) is 0 Å². The maximum absolute atomic E-state index is 12.8. The Morgan fingerprint density at radius 1 is 1.25 bits per heavy atom.